The van der Waals surface area contributed by atoms with Crippen LogP contribution in [0.2, 0.25) is 0 Å². The third kappa shape index (κ3) is 5.20. The number of fused-ring (bicyclic) bond motifs is 1. The molecule has 2 amide bonds. The molecule has 4 aromatic rings. The number of aromatic hydroxyl groups is 1. The lowest BCUT2D eigenvalue weighted by molar-refractivity contribution is -0.123. The van der Waals surface area contributed by atoms with Crippen LogP contribution in [-0.4, -0.2) is 33.3 Å². The lowest BCUT2D eigenvalue weighted by atomic mass is 10.0. The number of aromatic amines is 1. The summed E-state index contributed by atoms with van der Waals surface area (Å²) in [4.78, 5) is 38.4. The fourth-order valence-electron chi connectivity index (χ4n) is 3.68. The Labute approximate surface area is 206 Å². The van der Waals surface area contributed by atoms with Crippen molar-refractivity contribution in [3.05, 3.63) is 118 Å². The molecule has 0 saturated heterocycles. The summed E-state index contributed by atoms with van der Waals surface area (Å²) in [5.74, 6) is -1.17. The molecule has 0 aliphatic rings. The van der Waals surface area contributed by atoms with Gasteiger partial charge < -0.3 is 10.4 Å². The fraction of sp³-hybridized carbons (Fsp3) is 0.0741. The quantitative estimate of drug-likeness (QED) is 0.174. The maximum absolute atomic E-state index is 13.2. The normalized spacial score (nSPS) is 11.8. The standard InChI is InChI=1S/C27H23N5O4/c1-2-9-17-12-8-13-19(24(17)33)16-28-31-27(36)23(29-25(34)18-10-4-3-5-11-18)22-20-14-6-7-15-21(20)26(35)32-30-22/h2-8,10-16,23,33H,1,9H2,(H,29,34)(H,31,36)(H,32,35)/b28-16-/t23-/m0/s1. The molecule has 0 fully saturated rings. The molecule has 0 radical (unpaired) electrons. The maximum Gasteiger partial charge on any atom is 0.272 e. The first-order valence-electron chi connectivity index (χ1n) is 11.1. The number of allylic oxidation sites excluding steroid dienone is 1. The molecular weight excluding hydrogens is 458 g/mol. The minimum Gasteiger partial charge on any atom is -0.507 e. The number of phenolic OH excluding ortho intramolecular Hbond substituents is 1. The number of aromatic nitrogens is 2. The van der Waals surface area contributed by atoms with Crippen molar-refractivity contribution in [2.24, 2.45) is 5.10 Å². The largest absolute Gasteiger partial charge is 0.507 e. The van der Waals surface area contributed by atoms with Gasteiger partial charge in [0.15, 0.2) is 6.04 Å². The van der Waals surface area contributed by atoms with E-state index in [-0.39, 0.29) is 11.4 Å². The van der Waals surface area contributed by atoms with Crippen LogP contribution in [0.15, 0.2) is 95.3 Å². The van der Waals surface area contributed by atoms with E-state index in [0.717, 1.165) is 0 Å². The number of carbonyl (C=O) groups excluding carboxylic acids is 2. The van der Waals surface area contributed by atoms with Gasteiger partial charge in [-0.15, -0.1) is 6.58 Å². The van der Waals surface area contributed by atoms with E-state index in [1.807, 2.05) is 0 Å². The van der Waals surface area contributed by atoms with Gasteiger partial charge >= 0.3 is 0 Å². The second-order valence-electron chi connectivity index (χ2n) is 7.84. The van der Waals surface area contributed by atoms with Gasteiger partial charge in [-0.05, 0) is 36.2 Å². The Morgan fingerprint density at radius 3 is 2.50 bits per heavy atom. The fourth-order valence-corrected chi connectivity index (χ4v) is 3.68. The van der Waals surface area contributed by atoms with Crippen molar-refractivity contribution in [1.29, 1.82) is 0 Å². The summed E-state index contributed by atoms with van der Waals surface area (Å²) in [6.07, 6.45) is 3.44. The first kappa shape index (κ1) is 24.1. The number of benzene rings is 3. The van der Waals surface area contributed by atoms with E-state index in [4.69, 9.17) is 0 Å². The number of nitrogens with zero attached hydrogens (tertiary/aromatic N) is 2. The number of H-pyrrole nitrogens is 1. The third-order valence-corrected chi connectivity index (χ3v) is 5.47. The van der Waals surface area contributed by atoms with Gasteiger partial charge in [0, 0.05) is 16.5 Å². The van der Waals surface area contributed by atoms with Gasteiger partial charge in [-0.2, -0.15) is 10.2 Å². The van der Waals surface area contributed by atoms with Gasteiger partial charge in [-0.25, -0.2) is 10.5 Å². The zero-order valence-electron chi connectivity index (χ0n) is 19.1. The van der Waals surface area contributed by atoms with E-state index in [1.54, 1.807) is 78.9 Å². The van der Waals surface area contributed by atoms with Gasteiger partial charge in [0.1, 0.15) is 11.4 Å². The lowest BCUT2D eigenvalue weighted by Gasteiger charge is -2.18. The smallest absolute Gasteiger partial charge is 0.272 e. The molecule has 0 unspecified atom stereocenters. The molecule has 180 valence electrons. The Morgan fingerprint density at radius 1 is 1.03 bits per heavy atom. The highest BCUT2D eigenvalue weighted by atomic mass is 16.3. The Morgan fingerprint density at radius 2 is 1.75 bits per heavy atom. The predicted molar refractivity (Wildman–Crippen MR) is 137 cm³/mol. The Hall–Kier alpha value is -5.05. The molecule has 0 bridgehead atoms. The summed E-state index contributed by atoms with van der Waals surface area (Å²) >= 11 is 0. The average molecular weight is 482 g/mol. The average Bonchev–Trinajstić information content (AvgIpc) is 2.90. The van der Waals surface area contributed by atoms with Crippen LogP contribution in [0.5, 0.6) is 5.75 Å². The minimum atomic E-state index is -1.28. The van der Waals surface area contributed by atoms with Crippen LogP contribution in [-0.2, 0) is 11.2 Å². The number of hydrogen-bond acceptors (Lipinski definition) is 6. The van der Waals surface area contributed by atoms with Crippen LogP contribution in [0.25, 0.3) is 10.8 Å². The van der Waals surface area contributed by atoms with Gasteiger partial charge in [0.2, 0.25) is 0 Å². The van der Waals surface area contributed by atoms with E-state index >= 15 is 0 Å². The van der Waals surface area contributed by atoms with Gasteiger partial charge in [-0.1, -0.05) is 54.6 Å². The number of rotatable bonds is 8. The summed E-state index contributed by atoms with van der Waals surface area (Å²) in [6, 6.07) is 18.9. The van der Waals surface area contributed by atoms with Gasteiger partial charge in [0.05, 0.1) is 11.6 Å². The minimum absolute atomic E-state index is 0.0256. The molecule has 0 spiro atoms. The Bertz CT molecular complexity index is 1510. The summed E-state index contributed by atoms with van der Waals surface area (Å²) in [5.41, 5.74) is 3.53. The summed E-state index contributed by atoms with van der Waals surface area (Å²) in [5, 5.41) is 24.2. The summed E-state index contributed by atoms with van der Waals surface area (Å²) < 4.78 is 0. The van der Waals surface area contributed by atoms with E-state index in [9.17, 15) is 19.5 Å². The van der Waals surface area contributed by atoms with Gasteiger partial charge in [-0.3, -0.25) is 14.4 Å². The molecule has 4 rings (SSSR count). The van der Waals surface area contributed by atoms with Crippen LogP contribution >= 0.6 is 0 Å². The van der Waals surface area contributed by atoms with Crippen molar-refractivity contribution >= 4 is 28.8 Å². The zero-order valence-corrected chi connectivity index (χ0v) is 19.1. The number of amides is 2. The first-order valence-corrected chi connectivity index (χ1v) is 11.1. The van der Waals surface area contributed by atoms with E-state index in [1.165, 1.54) is 6.21 Å². The SMILES string of the molecule is C=CCc1cccc(/C=N\NC(=O)[C@@H](NC(=O)c2ccccc2)c2n[nH]c(=O)c3ccccc23)c1O. The molecule has 1 heterocycles. The summed E-state index contributed by atoms with van der Waals surface area (Å²) in [7, 11) is 0. The molecule has 0 saturated carbocycles. The van der Waals surface area contributed by atoms with E-state index < -0.39 is 23.4 Å². The number of nitrogens with one attached hydrogen (secondary N) is 3. The Kier molecular flexibility index (Phi) is 7.30. The number of hydrogen-bond donors (Lipinski definition) is 4. The van der Waals surface area contributed by atoms with Crippen molar-refractivity contribution in [2.75, 3.05) is 0 Å². The number of para-hydroxylation sites is 1. The van der Waals surface area contributed by atoms with E-state index in [2.05, 4.69) is 32.6 Å². The van der Waals surface area contributed by atoms with Crippen LogP contribution in [0.1, 0.15) is 33.2 Å². The van der Waals surface area contributed by atoms with Crippen molar-refractivity contribution in [1.82, 2.24) is 20.9 Å². The molecule has 9 nitrogen and oxygen atoms in total. The van der Waals surface area contributed by atoms with Crippen molar-refractivity contribution in [3.8, 4) is 5.75 Å². The third-order valence-electron chi connectivity index (χ3n) is 5.47. The van der Waals surface area contributed by atoms with Crippen molar-refractivity contribution in [2.45, 2.75) is 12.5 Å². The highest BCUT2D eigenvalue weighted by Crippen LogP contribution is 2.22. The molecular formula is C27H23N5O4. The molecule has 0 aliphatic carbocycles. The van der Waals surface area contributed by atoms with Crippen LogP contribution in [0.4, 0.5) is 0 Å². The van der Waals surface area contributed by atoms with Crippen LogP contribution in [0.3, 0.4) is 0 Å². The van der Waals surface area contributed by atoms with Crippen LogP contribution in [0, 0.1) is 0 Å². The number of carbonyl (C=O) groups is 2. The maximum atomic E-state index is 13.2. The molecule has 36 heavy (non-hydrogen) atoms. The molecule has 3 aromatic carbocycles. The second kappa shape index (κ2) is 10.9. The predicted octanol–water partition coefficient (Wildman–Crippen LogP) is 2.98. The monoisotopic (exact) mass is 481 g/mol. The topological polar surface area (TPSA) is 137 Å². The van der Waals surface area contributed by atoms with Crippen LogP contribution < -0.4 is 16.3 Å². The molecule has 1 atom stereocenters. The molecule has 4 N–H and O–H groups in total. The Balaban J connectivity index is 1.66. The van der Waals surface area contributed by atoms with Crippen molar-refractivity contribution < 1.29 is 14.7 Å². The first-order chi connectivity index (χ1) is 17.5. The molecule has 1 aromatic heterocycles. The summed E-state index contributed by atoms with van der Waals surface area (Å²) in [6.45, 7) is 3.67. The van der Waals surface area contributed by atoms with E-state index in [0.29, 0.717) is 33.9 Å². The number of phenols is 1. The molecule has 0 aliphatic heterocycles. The second-order valence-corrected chi connectivity index (χ2v) is 7.84. The lowest BCUT2D eigenvalue weighted by Crippen LogP contribution is -2.40. The zero-order chi connectivity index (χ0) is 25.5. The molecule has 9 heteroatoms. The highest BCUT2D eigenvalue weighted by Gasteiger charge is 2.27. The van der Waals surface area contributed by atoms with Crippen molar-refractivity contribution in [3.63, 3.8) is 0 Å². The van der Waals surface area contributed by atoms with Gasteiger partial charge in [0.25, 0.3) is 17.4 Å². The number of hydrazone groups is 1. The highest BCUT2D eigenvalue weighted by molar-refractivity contribution is 5.99.